The molecule has 0 bridgehead atoms. The molecule has 2 radical (unpaired) electrons. The molecule has 0 heterocycles. The minimum atomic E-state index is -1.87. The maximum absolute atomic E-state index is 10.4. The Morgan fingerprint density at radius 3 is 1.23 bits per heavy atom. The molecule has 0 aromatic rings. The van der Waals surface area contributed by atoms with Gasteiger partial charge in [-0.15, -0.1) is 0 Å². The van der Waals surface area contributed by atoms with E-state index in [9.17, 15) is 16.8 Å². The Morgan fingerprint density at radius 1 is 0.731 bits per heavy atom. The van der Waals surface area contributed by atoms with Crippen molar-refractivity contribution in [3.63, 3.8) is 0 Å². The van der Waals surface area contributed by atoms with Gasteiger partial charge in [0.05, 0.1) is 0 Å². The zero-order valence-electron chi connectivity index (χ0n) is 16.6. The molecule has 0 saturated heterocycles. The van der Waals surface area contributed by atoms with Crippen LogP contribution >= 0.6 is 0 Å². The first-order valence-corrected chi connectivity index (χ1v) is 11.3. The Bertz CT molecular complexity index is 459. The van der Waals surface area contributed by atoms with E-state index in [-0.39, 0.29) is 65.4 Å². The van der Waals surface area contributed by atoms with Crippen molar-refractivity contribution in [1.82, 2.24) is 0 Å². The summed E-state index contributed by atoms with van der Waals surface area (Å²) in [5.74, 6) is 1.24. The quantitative estimate of drug-likeness (QED) is 0.375. The van der Waals surface area contributed by atoms with Crippen LogP contribution in [0.4, 0.5) is 0 Å². The average Bonchev–Trinajstić information content (AvgIpc) is 2.44. The maximum Gasteiger partial charge on any atom is 0 e. The Morgan fingerprint density at radius 2 is 1.04 bits per heavy atom. The minimum Gasteiger partial charge on any atom is -0.424 e. The molecule has 150 valence electrons. The normalized spacial score (nSPS) is 26.8. The number of rotatable bonds is 4. The van der Waals surface area contributed by atoms with Gasteiger partial charge in [-0.3, -0.25) is 0 Å². The van der Waals surface area contributed by atoms with Crippen LogP contribution in [-0.2, 0) is 104 Å². The van der Waals surface area contributed by atoms with Crippen molar-refractivity contribution < 1.29 is 82.3 Å². The molecule has 0 spiro atoms. The Balaban J connectivity index is 0. The summed E-state index contributed by atoms with van der Waals surface area (Å²) in [5, 5.41) is 0. The van der Waals surface area contributed by atoms with Gasteiger partial charge < -0.3 is 29.7 Å². The summed E-state index contributed by atoms with van der Waals surface area (Å²) in [7, 11) is -3.74. The third-order valence-electron chi connectivity index (χ3n) is 5.09. The smallest absolute Gasteiger partial charge is 0 e. The van der Waals surface area contributed by atoms with Gasteiger partial charge in [0.1, 0.15) is 0 Å². The van der Waals surface area contributed by atoms with Crippen molar-refractivity contribution in [3.8, 4) is 0 Å². The van der Waals surface area contributed by atoms with Crippen LogP contribution < -0.4 is 0 Å². The van der Waals surface area contributed by atoms with Gasteiger partial charge in [0, 0.05) is 65.4 Å². The van der Waals surface area contributed by atoms with Crippen molar-refractivity contribution >= 4 is 21.4 Å². The monoisotopic (exact) mass is 554 g/mol. The fraction of sp³-hybridized carbons (Fsp3) is 0.889. The summed E-state index contributed by atoms with van der Waals surface area (Å²) in [6, 6.07) is 0. The predicted octanol–water partition coefficient (Wildman–Crippen LogP) is 4.65. The van der Waals surface area contributed by atoms with Gasteiger partial charge in [-0.25, -0.2) is 0 Å². The van der Waals surface area contributed by atoms with Gasteiger partial charge in [0.15, 0.2) is 0 Å². The standard InChI is InChI=1S/2C9H16O2S.2Y/c2*1-9(2)5-3-8(4-6-9)7-12(10)11;;/h2*3,8H,4-7H2,1-2H3;;/q2*-2;;/t2*8-;;/m10../s1. The topological polar surface area (TPSA) is 68.3 Å². The van der Waals surface area contributed by atoms with Crippen molar-refractivity contribution in [3.05, 3.63) is 12.8 Å². The van der Waals surface area contributed by atoms with E-state index in [0.29, 0.717) is 34.2 Å². The zero-order valence-corrected chi connectivity index (χ0v) is 23.9. The van der Waals surface area contributed by atoms with Crippen LogP contribution in [0.3, 0.4) is 0 Å². The van der Waals surface area contributed by atoms with Crippen molar-refractivity contribution in [1.29, 1.82) is 0 Å². The molecule has 0 N–H and O–H groups in total. The van der Waals surface area contributed by atoms with Gasteiger partial charge in [0.25, 0.3) is 0 Å². The summed E-state index contributed by atoms with van der Waals surface area (Å²) in [6.45, 7) is 8.92. The molecule has 2 fully saturated rings. The molecule has 0 aromatic carbocycles. The molecule has 8 heteroatoms. The van der Waals surface area contributed by atoms with Crippen LogP contribution in [0.5, 0.6) is 0 Å². The van der Waals surface area contributed by atoms with E-state index in [1.807, 2.05) is 0 Å². The van der Waals surface area contributed by atoms with Gasteiger partial charge in [-0.1, -0.05) is 97.1 Å². The summed E-state index contributed by atoms with van der Waals surface area (Å²) in [4.78, 5) is 0. The molecule has 2 aliphatic rings. The average molecular weight is 554 g/mol. The van der Waals surface area contributed by atoms with Crippen LogP contribution in [0.25, 0.3) is 0 Å². The first-order valence-electron chi connectivity index (χ1n) is 8.77. The third-order valence-corrected chi connectivity index (χ3v) is 6.49. The minimum absolute atomic E-state index is 0. The number of hydrogen-bond acceptors (Lipinski definition) is 6. The van der Waals surface area contributed by atoms with E-state index in [1.54, 1.807) is 0 Å². The van der Waals surface area contributed by atoms with E-state index in [4.69, 9.17) is 0 Å². The largest absolute Gasteiger partial charge is 0.424 e. The van der Waals surface area contributed by atoms with Gasteiger partial charge in [-0.05, 0) is 0 Å². The first kappa shape index (κ1) is 30.3. The molecule has 26 heavy (non-hydrogen) atoms. The predicted molar refractivity (Wildman–Crippen MR) is 98.1 cm³/mol. The maximum atomic E-state index is 10.4. The van der Waals surface area contributed by atoms with Crippen LogP contribution in [0.2, 0.25) is 0 Å². The Labute approximate surface area is 214 Å². The zero-order chi connectivity index (χ0) is 18.4. The van der Waals surface area contributed by atoms with E-state index < -0.39 is 21.4 Å². The molecular weight excluding hydrogens is 522 g/mol. The first-order chi connectivity index (χ1) is 11.0. The molecule has 2 atom stereocenters. The SMILES string of the molecule is CC1(C)C[CH-][C@@H](C[S-](=O)=O)CC1.CC1(C)C[CH-][C@H](C[S-](=O)=O)CC1.[Y].[Y]. The van der Waals surface area contributed by atoms with E-state index in [2.05, 4.69) is 40.5 Å². The molecule has 0 amide bonds. The van der Waals surface area contributed by atoms with Gasteiger partial charge >= 0.3 is 0 Å². The molecule has 4 nitrogen and oxygen atoms in total. The van der Waals surface area contributed by atoms with Crippen LogP contribution in [0.15, 0.2) is 0 Å². The molecule has 2 rings (SSSR count). The second kappa shape index (κ2) is 14.2. The van der Waals surface area contributed by atoms with Crippen molar-refractivity contribution in [2.45, 2.75) is 66.2 Å². The van der Waals surface area contributed by atoms with E-state index in [0.717, 1.165) is 38.5 Å². The van der Waals surface area contributed by atoms with Crippen molar-refractivity contribution in [2.75, 3.05) is 11.5 Å². The summed E-state index contributed by atoms with van der Waals surface area (Å²) in [5.41, 5.74) is 0.780. The number of hydrogen-bond donors (Lipinski definition) is 0. The fourth-order valence-corrected chi connectivity index (χ4v) is 4.52. The summed E-state index contributed by atoms with van der Waals surface area (Å²) < 4.78 is 41.6. The third kappa shape index (κ3) is 14.1. The Hall–Kier alpha value is 2.11. The summed E-state index contributed by atoms with van der Waals surface area (Å²) >= 11 is 0. The van der Waals surface area contributed by atoms with Crippen LogP contribution in [0, 0.1) is 35.5 Å². The van der Waals surface area contributed by atoms with Gasteiger partial charge in [0.2, 0.25) is 0 Å². The van der Waals surface area contributed by atoms with Crippen LogP contribution in [-0.4, -0.2) is 11.5 Å². The van der Waals surface area contributed by atoms with Crippen LogP contribution in [0.1, 0.15) is 66.2 Å². The molecule has 0 unspecified atom stereocenters. The molecule has 2 saturated carbocycles. The van der Waals surface area contributed by atoms with E-state index in [1.165, 1.54) is 0 Å². The van der Waals surface area contributed by atoms with E-state index >= 15 is 0 Å². The molecule has 0 aliphatic heterocycles. The fourth-order valence-electron chi connectivity index (χ4n) is 3.22. The van der Waals surface area contributed by atoms with Gasteiger partial charge in [-0.2, -0.15) is 24.7 Å². The summed E-state index contributed by atoms with van der Waals surface area (Å²) in [6.07, 6.45) is 10.8. The molecule has 0 aromatic heterocycles. The molecule has 2 aliphatic carbocycles. The second-order valence-corrected chi connectivity index (χ2v) is 10.6. The molecular formula is C18H32O4S2Y2-4. The van der Waals surface area contributed by atoms with Crippen molar-refractivity contribution in [2.24, 2.45) is 22.7 Å². The second-order valence-electron chi connectivity index (χ2n) is 8.75. The Kier molecular flexibility index (Phi) is 16.5.